The highest BCUT2D eigenvalue weighted by molar-refractivity contribution is 7.18. The van der Waals surface area contributed by atoms with Crippen molar-refractivity contribution in [2.45, 2.75) is 47.1 Å². The summed E-state index contributed by atoms with van der Waals surface area (Å²) in [5.41, 5.74) is 8.19. The number of anilines is 3. The van der Waals surface area contributed by atoms with Crippen LogP contribution in [-0.2, 0) is 9.53 Å². The smallest absolute Gasteiger partial charge is 0.342 e. The Morgan fingerprint density at radius 3 is 2.33 bits per heavy atom. The normalized spacial score (nSPS) is 12.2. The summed E-state index contributed by atoms with van der Waals surface area (Å²) in [6.07, 6.45) is 6.00. The quantitative estimate of drug-likeness (QED) is 0.0833. The molecule has 1 aromatic carbocycles. The molecule has 0 saturated carbocycles. The van der Waals surface area contributed by atoms with E-state index in [1.54, 1.807) is 46.9 Å². The third-order valence-corrected chi connectivity index (χ3v) is 6.22. The first kappa shape index (κ1) is 38.4. The van der Waals surface area contributed by atoms with Crippen LogP contribution in [0.15, 0.2) is 65.5 Å². The predicted molar refractivity (Wildman–Crippen MR) is 178 cm³/mol. The number of amidine groups is 1. The molecule has 12 heteroatoms. The number of allylic oxidation sites excluding steroid dienone is 3. The molecule has 0 bridgehead atoms. The molecule has 0 saturated heterocycles. The second-order valence-electron chi connectivity index (χ2n) is 9.29. The van der Waals surface area contributed by atoms with Gasteiger partial charge in [0.1, 0.15) is 35.3 Å². The van der Waals surface area contributed by atoms with Crippen molar-refractivity contribution in [2.75, 3.05) is 37.0 Å². The number of hydrogen-bond acceptors (Lipinski definition) is 11. The molecule has 2 heterocycles. The number of benzene rings is 1. The third-order valence-electron chi connectivity index (χ3n) is 5.22. The number of nitrogens with zero attached hydrogens (tertiary/aromatic N) is 4. The summed E-state index contributed by atoms with van der Waals surface area (Å²) in [6, 6.07) is 5.71. The molecule has 11 nitrogen and oxygen atoms in total. The van der Waals surface area contributed by atoms with Gasteiger partial charge in [-0.3, -0.25) is 4.79 Å². The van der Waals surface area contributed by atoms with E-state index in [1.165, 1.54) is 7.05 Å². The van der Waals surface area contributed by atoms with Crippen molar-refractivity contribution in [1.82, 2.24) is 0 Å². The van der Waals surface area contributed by atoms with Crippen LogP contribution in [0, 0.1) is 4.91 Å². The minimum atomic E-state index is -0.746. The summed E-state index contributed by atoms with van der Waals surface area (Å²) in [5, 5.41) is 2.68. The van der Waals surface area contributed by atoms with Crippen LogP contribution in [0.1, 0.15) is 61.6 Å². The van der Waals surface area contributed by atoms with Crippen molar-refractivity contribution >= 4 is 58.3 Å². The molecule has 2 N–H and O–H groups in total. The lowest BCUT2D eigenvalue weighted by atomic mass is 10.1. The van der Waals surface area contributed by atoms with E-state index in [4.69, 9.17) is 24.9 Å². The number of thiophene rings is 1. The topological polar surface area (TPSA) is 144 Å². The van der Waals surface area contributed by atoms with Gasteiger partial charge in [-0.15, -0.1) is 11.3 Å². The average molecular weight is 614 g/mol. The fourth-order valence-electron chi connectivity index (χ4n) is 3.78. The van der Waals surface area contributed by atoms with Crippen molar-refractivity contribution < 1.29 is 23.9 Å². The SMILES string of the molecule is C=C/C=C(\C=C)N1CCOc2ccc(N(C)c3c(/N=C(\C)N)sc(C=O)c3C(=O)OC(C)(C)C)cc21.C=O.CC.CN=O. The van der Waals surface area contributed by atoms with Crippen LogP contribution in [0.25, 0.3) is 0 Å². The molecule has 234 valence electrons. The van der Waals surface area contributed by atoms with Gasteiger partial charge in [-0.2, -0.15) is 4.91 Å². The van der Waals surface area contributed by atoms with Gasteiger partial charge in [0.15, 0.2) is 6.29 Å². The molecule has 3 rings (SSSR count). The number of aliphatic imine (C=N–C) groups is 1. The van der Waals surface area contributed by atoms with Gasteiger partial charge in [-0.1, -0.05) is 38.3 Å². The highest BCUT2D eigenvalue weighted by Crippen LogP contribution is 2.46. The summed E-state index contributed by atoms with van der Waals surface area (Å²) in [5.74, 6) is 0.413. The van der Waals surface area contributed by atoms with E-state index in [9.17, 15) is 9.59 Å². The van der Waals surface area contributed by atoms with Crippen LogP contribution >= 0.6 is 11.3 Å². The Labute approximate surface area is 258 Å². The number of esters is 1. The van der Waals surface area contributed by atoms with Gasteiger partial charge < -0.3 is 29.8 Å². The number of carbonyl (C=O) groups excluding carboxylic acids is 3. The van der Waals surface area contributed by atoms with Gasteiger partial charge in [0.2, 0.25) is 0 Å². The first-order valence-corrected chi connectivity index (χ1v) is 14.1. The molecular weight excluding hydrogens is 570 g/mol. The van der Waals surface area contributed by atoms with Crippen molar-refractivity contribution in [3.05, 3.63) is 70.6 Å². The van der Waals surface area contributed by atoms with Crippen molar-refractivity contribution in [3.8, 4) is 5.75 Å². The number of carbonyl (C=O) groups is 3. The van der Waals surface area contributed by atoms with Crippen LogP contribution in [-0.4, -0.2) is 57.7 Å². The van der Waals surface area contributed by atoms with E-state index in [0.717, 1.165) is 34.2 Å². The second kappa shape index (κ2) is 18.8. The van der Waals surface area contributed by atoms with E-state index in [0.29, 0.717) is 36.0 Å². The molecule has 0 aliphatic carbocycles. The molecule has 0 unspecified atom stereocenters. The van der Waals surface area contributed by atoms with E-state index in [2.05, 4.69) is 28.2 Å². The number of nitrogens with two attached hydrogens (primary N) is 1. The Morgan fingerprint density at radius 2 is 1.84 bits per heavy atom. The molecular formula is C31H43N5O6S. The third kappa shape index (κ3) is 10.6. The summed E-state index contributed by atoms with van der Waals surface area (Å²) in [7, 11) is 3.00. The predicted octanol–water partition coefficient (Wildman–Crippen LogP) is 6.97. The lowest BCUT2D eigenvalue weighted by Gasteiger charge is -2.33. The fourth-order valence-corrected chi connectivity index (χ4v) is 4.85. The average Bonchev–Trinajstić information content (AvgIpc) is 3.34. The zero-order chi connectivity index (χ0) is 33.3. The molecule has 1 aliphatic rings. The number of ether oxygens (including phenoxy) is 2. The van der Waals surface area contributed by atoms with E-state index >= 15 is 0 Å². The molecule has 1 aliphatic heterocycles. The molecule has 1 aromatic heterocycles. The molecule has 0 fully saturated rings. The fraction of sp³-hybridized carbons (Fsp3) is 0.355. The molecule has 0 atom stereocenters. The maximum Gasteiger partial charge on any atom is 0.342 e. The van der Waals surface area contributed by atoms with Crippen LogP contribution in [0.3, 0.4) is 0 Å². The van der Waals surface area contributed by atoms with Crippen molar-refractivity contribution in [2.24, 2.45) is 15.9 Å². The van der Waals surface area contributed by atoms with Gasteiger partial charge in [0, 0.05) is 18.4 Å². The highest BCUT2D eigenvalue weighted by Gasteiger charge is 2.31. The highest BCUT2D eigenvalue weighted by atomic mass is 32.1. The second-order valence-corrected chi connectivity index (χ2v) is 10.3. The van der Waals surface area contributed by atoms with Crippen LogP contribution in [0.5, 0.6) is 5.75 Å². The Kier molecular flexibility index (Phi) is 16.8. The number of fused-ring (bicyclic) bond motifs is 1. The largest absolute Gasteiger partial charge is 0.490 e. The van der Waals surface area contributed by atoms with Gasteiger partial charge in [-0.25, -0.2) is 9.79 Å². The summed E-state index contributed by atoms with van der Waals surface area (Å²) in [6.45, 7) is 21.8. The lowest BCUT2D eigenvalue weighted by molar-refractivity contribution is -0.0980. The van der Waals surface area contributed by atoms with Crippen LogP contribution < -0.4 is 20.3 Å². The van der Waals surface area contributed by atoms with Crippen LogP contribution in [0.2, 0.25) is 0 Å². The van der Waals surface area contributed by atoms with E-state index < -0.39 is 11.6 Å². The Morgan fingerprint density at radius 1 is 1.23 bits per heavy atom. The maximum absolute atomic E-state index is 13.2. The number of hydrogen-bond donors (Lipinski definition) is 1. The van der Waals surface area contributed by atoms with Gasteiger partial charge in [0.05, 0.1) is 35.7 Å². The maximum atomic E-state index is 13.2. The Balaban J connectivity index is 0.00000232. The lowest BCUT2D eigenvalue weighted by Crippen LogP contribution is -2.31. The zero-order valence-corrected chi connectivity index (χ0v) is 27.1. The molecule has 2 aromatic rings. The van der Waals surface area contributed by atoms with Gasteiger partial charge in [-0.05, 0) is 58.0 Å². The standard InChI is InChI=1S/C27H32N4O4S.C2H6.CH3NO.CH2O/c1-8-10-18(9-2)31-13-14-34-21-12-11-19(15-20(21)31)30(7)24-23(26(33)35-27(4,5)6)22(16-32)36-25(24)29-17(3)28;1-2;1-2-3;1-2/h8-12,15-16H,1-2,13-14H2,3-7H3,(H2,28,29);1-2H3;1H3;1H2/b18-10+;;;. The van der Waals surface area contributed by atoms with Crippen molar-refractivity contribution in [3.63, 3.8) is 0 Å². The first-order chi connectivity index (χ1) is 20.4. The number of rotatable bonds is 8. The van der Waals surface area contributed by atoms with E-state index in [-0.39, 0.29) is 10.4 Å². The monoisotopic (exact) mass is 613 g/mol. The number of aldehydes is 1. The van der Waals surface area contributed by atoms with Crippen LogP contribution in [0.4, 0.5) is 22.1 Å². The minimum absolute atomic E-state index is 0.150. The zero-order valence-electron chi connectivity index (χ0n) is 26.3. The summed E-state index contributed by atoms with van der Waals surface area (Å²) in [4.78, 5) is 50.3. The first-order valence-electron chi connectivity index (χ1n) is 13.3. The molecule has 0 spiro atoms. The molecule has 0 amide bonds. The summed E-state index contributed by atoms with van der Waals surface area (Å²) >= 11 is 1.09. The Hall–Kier alpha value is -4.58. The van der Waals surface area contributed by atoms with Gasteiger partial charge >= 0.3 is 5.97 Å². The van der Waals surface area contributed by atoms with E-state index in [1.807, 2.05) is 49.8 Å². The molecule has 43 heavy (non-hydrogen) atoms. The Bertz CT molecular complexity index is 1320. The molecule has 0 radical (unpaired) electrons. The minimum Gasteiger partial charge on any atom is -0.490 e. The van der Waals surface area contributed by atoms with Crippen molar-refractivity contribution in [1.29, 1.82) is 0 Å². The van der Waals surface area contributed by atoms with Gasteiger partial charge in [0.25, 0.3) is 0 Å². The number of nitroso groups, excluding NO2 is 1. The summed E-state index contributed by atoms with van der Waals surface area (Å²) < 4.78 is 11.5.